The van der Waals surface area contributed by atoms with E-state index in [2.05, 4.69) is 282 Å². The number of aromatic nitrogens is 3. The predicted octanol–water partition coefficient (Wildman–Crippen LogP) is 20.2. The molecule has 1 aliphatic carbocycles. The van der Waals surface area contributed by atoms with Gasteiger partial charge in [-0.25, -0.2) is 0 Å². The van der Waals surface area contributed by atoms with Crippen molar-refractivity contribution >= 4 is 87.4 Å². The van der Waals surface area contributed by atoms with Crippen LogP contribution in [0.5, 0.6) is 0 Å². The summed E-state index contributed by atoms with van der Waals surface area (Å²) in [4.78, 5) is 0. The lowest BCUT2D eigenvalue weighted by molar-refractivity contribution is 0.660. The maximum atomic E-state index is 6.22. The summed E-state index contributed by atoms with van der Waals surface area (Å²) >= 11 is 0. The normalized spacial score (nSPS) is 13.0. The Morgan fingerprint density at radius 1 is 0.253 bits per heavy atom. The fourth-order valence-electron chi connectivity index (χ4n) is 13.6. The van der Waals surface area contributed by atoms with Gasteiger partial charge in [-0.2, -0.15) is 0 Å². The fraction of sp³-hybridized carbons (Fsp3) is 0.0400. The Balaban J connectivity index is 0.827. The molecule has 0 saturated heterocycles. The summed E-state index contributed by atoms with van der Waals surface area (Å²) in [7, 11) is 0. The fourth-order valence-corrected chi connectivity index (χ4v) is 13.6. The van der Waals surface area contributed by atoms with E-state index in [1.807, 2.05) is 6.07 Å². The summed E-state index contributed by atoms with van der Waals surface area (Å²) in [5.41, 5.74) is 24.7. The lowest BCUT2D eigenvalue weighted by atomic mass is 9.81. The highest BCUT2D eigenvalue weighted by atomic mass is 16.3. The summed E-state index contributed by atoms with van der Waals surface area (Å²) in [5.74, 6) is 0. The lowest BCUT2D eigenvalue weighted by Gasteiger charge is -2.23. The van der Waals surface area contributed by atoms with Gasteiger partial charge in [-0.3, -0.25) is 0 Å². The molecule has 0 N–H and O–H groups in total. The van der Waals surface area contributed by atoms with E-state index in [1.54, 1.807) is 0 Å². The second-order valence-electron chi connectivity index (χ2n) is 22.1. The van der Waals surface area contributed by atoms with E-state index in [-0.39, 0.29) is 5.41 Å². The molecular formula is C75H49N3O. The Hall–Kier alpha value is -10.2. The molecule has 0 atom stereocenters. The SMILES string of the molecule is CC1(C)c2cc(-c3ccc4oc5ccccc5c4c3)ccc2-c2ccc(-n3c4ccc(-c5ccc6c(c5)c5ccccc5n6-c5ccccc5)cc4c4cc(-c5ccc6c(c5)c5ccccc5n6-c5ccccc5)ccc43)cc21. The largest absolute Gasteiger partial charge is 0.456 e. The summed E-state index contributed by atoms with van der Waals surface area (Å²) in [6.07, 6.45) is 0. The highest BCUT2D eigenvalue weighted by Gasteiger charge is 2.36. The molecule has 0 aliphatic heterocycles. The van der Waals surface area contributed by atoms with Crippen molar-refractivity contribution in [3.05, 3.63) is 272 Å². The zero-order chi connectivity index (χ0) is 52.1. The quantitative estimate of drug-likeness (QED) is 0.163. The standard InChI is InChI=1S/C75H49N3O/c1-75(2)65-44-51(50-30-38-74-64(43-50)59-21-11-14-24-73(59)79-74)25-32-55(65)56-33-31-54(45-66(56)75)78-71-36-28-48(46-26-34-69-60(39-46)57-19-9-12-22-67(57)76(69)52-15-5-3-6-16-52)41-62(71)63-42-49(29-37-72(63)78)47-27-35-70-61(40-47)58-20-10-13-23-68(58)77(70)53-17-7-4-8-18-53/h3-45H,1-2H3. The molecule has 370 valence electrons. The van der Waals surface area contributed by atoms with E-state index in [4.69, 9.17) is 4.42 Å². The van der Waals surface area contributed by atoms with Gasteiger partial charge in [0.2, 0.25) is 0 Å². The first-order chi connectivity index (χ1) is 38.9. The van der Waals surface area contributed by atoms with E-state index < -0.39 is 0 Å². The highest BCUT2D eigenvalue weighted by molar-refractivity contribution is 6.15. The average molecular weight is 1010 g/mol. The van der Waals surface area contributed by atoms with Crippen LogP contribution in [0.25, 0.3) is 149 Å². The van der Waals surface area contributed by atoms with Crippen LogP contribution >= 0.6 is 0 Å². The van der Waals surface area contributed by atoms with E-state index in [0.717, 1.165) is 39.0 Å². The van der Waals surface area contributed by atoms with Gasteiger partial charge in [0.1, 0.15) is 11.2 Å². The molecule has 0 unspecified atom stereocenters. The van der Waals surface area contributed by atoms with Gasteiger partial charge in [0.25, 0.3) is 0 Å². The number of benzene rings is 12. The molecule has 0 spiro atoms. The molecule has 0 saturated carbocycles. The first-order valence-corrected chi connectivity index (χ1v) is 27.4. The Morgan fingerprint density at radius 2 is 0.608 bits per heavy atom. The summed E-state index contributed by atoms with van der Waals surface area (Å²) in [5, 5.41) is 9.71. The van der Waals surface area contributed by atoms with Crippen molar-refractivity contribution in [1.29, 1.82) is 0 Å². The van der Waals surface area contributed by atoms with Gasteiger partial charge in [-0.15, -0.1) is 0 Å². The first-order valence-electron chi connectivity index (χ1n) is 27.4. The molecule has 4 nitrogen and oxygen atoms in total. The molecule has 4 heterocycles. The van der Waals surface area contributed by atoms with E-state index in [9.17, 15) is 0 Å². The molecular weight excluding hydrogens is 959 g/mol. The van der Waals surface area contributed by atoms with Crippen molar-refractivity contribution in [3.8, 4) is 61.6 Å². The van der Waals surface area contributed by atoms with Gasteiger partial charge in [-0.1, -0.05) is 153 Å². The summed E-state index contributed by atoms with van der Waals surface area (Å²) in [6, 6.07) is 96.4. The Bertz CT molecular complexity index is 5000. The second kappa shape index (κ2) is 16.4. The average Bonchev–Trinajstić information content (AvgIpc) is 4.40. The third-order valence-corrected chi connectivity index (χ3v) is 17.4. The van der Waals surface area contributed by atoms with Crippen molar-refractivity contribution in [3.63, 3.8) is 0 Å². The van der Waals surface area contributed by atoms with Crippen LogP contribution in [0, 0.1) is 0 Å². The van der Waals surface area contributed by atoms with E-state index in [1.165, 1.54) is 121 Å². The van der Waals surface area contributed by atoms with Crippen molar-refractivity contribution in [2.45, 2.75) is 19.3 Å². The van der Waals surface area contributed by atoms with Gasteiger partial charge in [0.05, 0.1) is 33.1 Å². The number of nitrogens with zero attached hydrogens (tertiary/aromatic N) is 3. The third kappa shape index (κ3) is 6.43. The number of rotatable bonds is 6. The minimum atomic E-state index is -0.243. The number of hydrogen-bond donors (Lipinski definition) is 0. The Morgan fingerprint density at radius 3 is 1.14 bits per heavy atom. The smallest absolute Gasteiger partial charge is 0.135 e. The maximum absolute atomic E-state index is 6.22. The topological polar surface area (TPSA) is 27.9 Å². The molecule has 4 aromatic heterocycles. The summed E-state index contributed by atoms with van der Waals surface area (Å²) < 4.78 is 13.5. The van der Waals surface area contributed by atoms with Crippen molar-refractivity contribution in [2.24, 2.45) is 0 Å². The highest BCUT2D eigenvalue weighted by Crippen LogP contribution is 2.51. The van der Waals surface area contributed by atoms with Crippen molar-refractivity contribution < 1.29 is 4.42 Å². The minimum Gasteiger partial charge on any atom is -0.456 e. The van der Waals surface area contributed by atoms with Crippen LogP contribution in [0.15, 0.2) is 265 Å². The molecule has 79 heavy (non-hydrogen) atoms. The molecule has 16 aromatic rings. The molecule has 0 fully saturated rings. The molecule has 0 radical (unpaired) electrons. The van der Waals surface area contributed by atoms with Crippen LogP contribution in [0.3, 0.4) is 0 Å². The van der Waals surface area contributed by atoms with Gasteiger partial charge in [0, 0.05) is 65.6 Å². The van der Waals surface area contributed by atoms with Crippen molar-refractivity contribution in [2.75, 3.05) is 0 Å². The van der Waals surface area contributed by atoms with Gasteiger partial charge >= 0.3 is 0 Å². The molecule has 17 rings (SSSR count). The van der Waals surface area contributed by atoms with Gasteiger partial charge in [0.15, 0.2) is 0 Å². The van der Waals surface area contributed by atoms with E-state index in [0.29, 0.717) is 0 Å². The molecule has 0 bridgehead atoms. The minimum absolute atomic E-state index is 0.243. The Labute approximate surface area is 455 Å². The molecule has 12 aromatic carbocycles. The maximum Gasteiger partial charge on any atom is 0.135 e. The number of furan rings is 1. The van der Waals surface area contributed by atoms with E-state index >= 15 is 0 Å². The van der Waals surface area contributed by atoms with Crippen LogP contribution in [-0.4, -0.2) is 13.7 Å². The molecule has 1 aliphatic rings. The van der Waals surface area contributed by atoms with Crippen LogP contribution in [-0.2, 0) is 5.41 Å². The second-order valence-corrected chi connectivity index (χ2v) is 22.1. The molecule has 4 heteroatoms. The van der Waals surface area contributed by atoms with Crippen LogP contribution in [0.4, 0.5) is 0 Å². The zero-order valence-electron chi connectivity index (χ0n) is 43.6. The van der Waals surface area contributed by atoms with Gasteiger partial charge < -0.3 is 18.1 Å². The third-order valence-electron chi connectivity index (χ3n) is 17.4. The summed E-state index contributed by atoms with van der Waals surface area (Å²) in [6.45, 7) is 4.79. The van der Waals surface area contributed by atoms with Gasteiger partial charge in [-0.05, 0) is 177 Å². The van der Waals surface area contributed by atoms with Crippen LogP contribution < -0.4 is 0 Å². The molecule has 0 amide bonds. The Kier molecular flexibility index (Phi) is 9.15. The number of para-hydroxylation sites is 5. The number of fused-ring (bicyclic) bond motifs is 15. The van der Waals surface area contributed by atoms with Crippen molar-refractivity contribution in [1.82, 2.24) is 13.7 Å². The van der Waals surface area contributed by atoms with Crippen LogP contribution in [0.1, 0.15) is 25.0 Å². The zero-order valence-corrected chi connectivity index (χ0v) is 43.6. The first kappa shape index (κ1) is 44.0. The van der Waals surface area contributed by atoms with Crippen LogP contribution in [0.2, 0.25) is 0 Å². The number of hydrogen-bond acceptors (Lipinski definition) is 1. The lowest BCUT2D eigenvalue weighted by Crippen LogP contribution is -2.15. The predicted molar refractivity (Wildman–Crippen MR) is 331 cm³/mol. The monoisotopic (exact) mass is 1010 g/mol.